The quantitative estimate of drug-likeness (QED) is 0.889. The minimum Gasteiger partial charge on any atom is -0.477 e. The van der Waals surface area contributed by atoms with Gasteiger partial charge in [0, 0.05) is 29.4 Å². The maximum Gasteiger partial charge on any atom is 0.213 e. The molecule has 0 unspecified atom stereocenters. The number of aromatic nitrogens is 2. The molecule has 0 aliphatic carbocycles. The predicted octanol–water partition coefficient (Wildman–Crippen LogP) is 3.36. The van der Waals surface area contributed by atoms with E-state index < -0.39 is 0 Å². The van der Waals surface area contributed by atoms with E-state index in [1.54, 1.807) is 11.3 Å². The van der Waals surface area contributed by atoms with E-state index in [-0.39, 0.29) is 5.54 Å². The van der Waals surface area contributed by atoms with Crippen LogP contribution in [-0.2, 0) is 13.0 Å². The molecule has 4 nitrogen and oxygen atoms in total. The van der Waals surface area contributed by atoms with Gasteiger partial charge in [0.05, 0.1) is 23.5 Å². The Morgan fingerprint density at radius 3 is 2.76 bits per heavy atom. The number of nitrogens with zero attached hydrogens (tertiary/aromatic N) is 2. The van der Waals surface area contributed by atoms with Crippen LogP contribution in [0.4, 0.5) is 0 Å². The maximum atomic E-state index is 5.75. The monoisotopic (exact) mass is 305 g/mol. The highest BCUT2D eigenvalue weighted by molar-refractivity contribution is 7.09. The third kappa shape index (κ3) is 5.44. The van der Waals surface area contributed by atoms with E-state index in [1.165, 1.54) is 4.88 Å². The van der Waals surface area contributed by atoms with Crippen molar-refractivity contribution in [1.29, 1.82) is 0 Å². The molecule has 21 heavy (non-hydrogen) atoms. The average molecular weight is 305 g/mol. The molecule has 2 heterocycles. The summed E-state index contributed by atoms with van der Waals surface area (Å²) < 4.78 is 5.75. The number of aryl methyl sites for hydroxylation is 1. The van der Waals surface area contributed by atoms with Crippen LogP contribution in [0.2, 0.25) is 0 Å². The molecule has 0 saturated heterocycles. The molecule has 114 valence electrons. The molecule has 0 fully saturated rings. The summed E-state index contributed by atoms with van der Waals surface area (Å²) in [5.41, 5.74) is 4.06. The van der Waals surface area contributed by atoms with Crippen LogP contribution in [0.25, 0.3) is 0 Å². The fourth-order valence-electron chi connectivity index (χ4n) is 1.81. The lowest BCUT2D eigenvalue weighted by Crippen LogP contribution is -2.35. The van der Waals surface area contributed by atoms with Crippen LogP contribution in [-0.4, -0.2) is 22.1 Å². The second-order valence-corrected chi connectivity index (χ2v) is 6.97. The first-order valence-electron chi connectivity index (χ1n) is 7.17. The number of hydrogen-bond acceptors (Lipinski definition) is 5. The first kappa shape index (κ1) is 15.9. The Balaban J connectivity index is 1.85. The highest BCUT2D eigenvalue weighted by atomic mass is 32.1. The summed E-state index contributed by atoms with van der Waals surface area (Å²) in [7, 11) is 0. The molecule has 0 amide bonds. The Labute approximate surface area is 130 Å². The van der Waals surface area contributed by atoms with Gasteiger partial charge in [0.25, 0.3) is 0 Å². The third-order valence-corrected chi connectivity index (χ3v) is 4.00. The standard InChI is InChI=1S/C16H23N3OS/c1-12-14(21-11-17-12)8-9-20-15-7-5-6-13(19-15)10-18-16(2,3)4/h5-7,11,18H,8-10H2,1-4H3. The molecule has 2 aromatic rings. The van der Waals surface area contributed by atoms with Gasteiger partial charge in [-0.25, -0.2) is 9.97 Å². The molecule has 0 radical (unpaired) electrons. The second kappa shape index (κ2) is 7.00. The minimum atomic E-state index is 0.0856. The Kier molecular flexibility index (Phi) is 5.31. The first-order valence-corrected chi connectivity index (χ1v) is 8.05. The van der Waals surface area contributed by atoms with Crippen LogP contribution in [0.5, 0.6) is 5.88 Å². The van der Waals surface area contributed by atoms with Crippen LogP contribution in [0.15, 0.2) is 23.7 Å². The van der Waals surface area contributed by atoms with Crippen LogP contribution < -0.4 is 10.1 Å². The van der Waals surface area contributed by atoms with Crippen LogP contribution in [0, 0.1) is 6.92 Å². The largest absolute Gasteiger partial charge is 0.477 e. The van der Waals surface area contributed by atoms with Gasteiger partial charge >= 0.3 is 0 Å². The second-order valence-electron chi connectivity index (χ2n) is 6.03. The molecule has 0 aliphatic heterocycles. The van der Waals surface area contributed by atoms with Crippen molar-refractivity contribution < 1.29 is 4.74 Å². The zero-order valence-electron chi connectivity index (χ0n) is 13.1. The van der Waals surface area contributed by atoms with Gasteiger partial charge in [-0.05, 0) is 33.8 Å². The summed E-state index contributed by atoms with van der Waals surface area (Å²) in [6, 6.07) is 5.90. The van der Waals surface area contributed by atoms with Crippen LogP contribution >= 0.6 is 11.3 Å². The van der Waals surface area contributed by atoms with Crippen LogP contribution in [0.1, 0.15) is 37.0 Å². The summed E-state index contributed by atoms with van der Waals surface area (Å²) in [6.45, 7) is 9.84. The van der Waals surface area contributed by atoms with Crippen molar-refractivity contribution in [1.82, 2.24) is 15.3 Å². The van der Waals surface area contributed by atoms with Gasteiger partial charge in [0.1, 0.15) is 0 Å². The molecule has 2 rings (SSSR count). The topological polar surface area (TPSA) is 47.0 Å². The normalized spacial score (nSPS) is 11.6. The Bertz CT molecular complexity index is 575. The van der Waals surface area contributed by atoms with Crippen molar-refractivity contribution in [3.8, 4) is 5.88 Å². The van der Waals surface area contributed by atoms with Gasteiger partial charge in [-0.2, -0.15) is 0 Å². The van der Waals surface area contributed by atoms with Gasteiger partial charge in [-0.1, -0.05) is 6.07 Å². The summed E-state index contributed by atoms with van der Waals surface area (Å²) >= 11 is 1.68. The zero-order valence-corrected chi connectivity index (χ0v) is 14.0. The van der Waals surface area contributed by atoms with Gasteiger partial charge in [0.15, 0.2) is 0 Å². The number of rotatable bonds is 6. The summed E-state index contributed by atoms with van der Waals surface area (Å²) in [4.78, 5) is 10.0. The predicted molar refractivity (Wildman–Crippen MR) is 86.9 cm³/mol. The molecular formula is C16H23N3OS. The number of ether oxygens (including phenoxy) is 1. The third-order valence-electron chi connectivity index (χ3n) is 3.00. The maximum absolute atomic E-state index is 5.75. The summed E-state index contributed by atoms with van der Waals surface area (Å²) in [5.74, 6) is 0.686. The van der Waals surface area contributed by atoms with Crippen molar-refractivity contribution in [3.05, 3.63) is 40.0 Å². The fraction of sp³-hybridized carbons (Fsp3) is 0.500. The molecule has 0 aliphatic rings. The number of nitrogens with one attached hydrogen (secondary N) is 1. The van der Waals surface area contributed by atoms with Crippen molar-refractivity contribution in [2.45, 2.75) is 46.2 Å². The Morgan fingerprint density at radius 2 is 2.10 bits per heavy atom. The number of pyridine rings is 1. The zero-order chi connectivity index (χ0) is 15.3. The van der Waals surface area contributed by atoms with E-state index in [9.17, 15) is 0 Å². The highest BCUT2D eigenvalue weighted by Gasteiger charge is 2.09. The summed E-state index contributed by atoms with van der Waals surface area (Å²) in [6.07, 6.45) is 0.878. The van der Waals surface area contributed by atoms with Gasteiger partial charge < -0.3 is 10.1 Å². The smallest absolute Gasteiger partial charge is 0.213 e. The average Bonchev–Trinajstić information content (AvgIpc) is 2.82. The van der Waals surface area contributed by atoms with Gasteiger partial charge in [-0.15, -0.1) is 11.3 Å². The van der Waals surface area contributed by atoms with Gasteiger partial charge in [0.2, 0.25) is 5.88 Å². The number of hydrogen-bond donors (Lipinski definition) is 1. The number of thiazole rings is 1. The van der Waals surface area contributed by atoms with Crippen molar-refractivity contribution in [3.63, 3.8) is 0 Å². The molecule has 0 bridgehead atoms. The van der Waals surface area contributed by atoms with Crippen molar-refractivity contribution >= 4 is 11.3 Å². The summed E-state index contributed by atoms with van der Waals surface area (Å²) in [5, 5.41) is 3.43. The van der Waals surface area contributed by atoms with Crippen molar-refractivity contribution in [2.24, 2.45) is 0 Å². The van der Waals surface area contributed by atoms with E-state index in [4.69, 9.17) is 4.74 Å². The van der Waals surface area contributed by atoms with E-state index in [2.05, 4.69) is 36.1 Å². The minimum absolute atomic E-state index is 0.0856. The Morgan fingerprint density at radius 1 is 1.29 bits per heavy atom. The van der Waals surface area contributed by atoms with E-state index in [0.29, 0.717) is 12.5 Å². The molecule has 0 aromatic carbocycles. The molecule has 1 N–H and O–H groups in total. The van der Waals surface area contributed by atoms with E-state index >= 15 is 0 Å². The molecule has 5 heteroatoms. The van der Waals surface area contributed by atoms with Gasteiger partial charge in [-0.3, -0.25) is 0 Å². The Hall–Kier alpha value is -1.46. The fourth-order valence-corrected chi connectivity index (χ4v) is 2.57. The lowest BCUT2D eigenvalue weighted by Gasteiger charge is -2.20. The highest BCUT2D eigenvalue weighted by Crippen LogP contribution is 2.14. The first-order chi connectivity index (χ1) is 9.94. The van der Waals surface area contributed by atoms with E-state index in [0.717, 1.165) is 24.4 Å². The molecule has 0 atom stereocenters. The lowest BCUT2D eigenvalue weighted by atomic mass is 10.1. The molecular weight excluding hydrogens is 282 g/mol. The SMILES string of the molecule is Cc1ncsc1CCOc1cccc(CNC(C)(C)C)n1. The molecule has 2 aromatic heterocycles. The van der Waals surface area contributed by atoms with Crippen molar-refractivity contribution in [2.75, 3.05) is 6.61 Å². The molecule has 0 spiro atoms. The molecule has 0 saturated carbocycles. The van der Waals surface area contributed by atoms with Crippen LogP contribution in [0.3, 0.4) is 0 Å². The van der Waals surface area contributed by atoms with E-state index in [1.807, 2.05) is 30.6 Å². The lowest BCUT2D eigenvalue weighted by molar-refractivity contribution is 0.308.